The van der Waals surface area contributed by atoms with E-state index in [1.807, 2.05) is 0 Å². The smallest absolute Gasteiger partial charge is 0.348 e. The zero-order valence-corrected chi connectivity index (χ0v) is 8.08. The van der Waals surface area contributed by atoms with Crippen molar-refractivity contribution in [1.29, 1.82) is 5.26 Å². The largest absolute Gasteiger partial charge is 0.457 e. The summed E-state index contributed by atoms with van der Waals surface area (Å²) < 4.78 is 4.90. The van der Waals surface area contributed by atoms with Gasteiger partial charge in [-0.15, -0.1) is 0 Å². The number of hydrogen-bond donors (Lipinski definition) is 0. The molecule has 0 unspecified atom stereocenters. The van der Waals surface area contributed by atoms with E-state index >= 15 is 0 Å². The standard InChI is InChI=1S/C11H13NO2/c1-9(7-12)11(13)14-8-10-5-3-2-4-6-10/h5H,1-4,6,8H2. The first-order valence-electron chi connectivity index (χ1n) is 4.68. The Hall–Kier alpha value is -1.56. The normalized spacial score (nSPS) is 15.2. The highest BCUT2D eigenvalue weighted by atomic mass is 16.5. The van der Waals surface area contributed by atoms with Gasteiger partial charge in [-0.1, -0.05) is 12.7 Å². The number of carbonyl (C=O) groups excluding carboxylic acids is 1. The molecule has 0 bridgehead atoms. The lowest BCUT2D eigenvalue weighted by molar-refractivity contribution is -0.137. The second-order valence-corrected chi connectivity index (χ2v) is 3.27. The first kappa shape index (κ1) is 10.5. The Labute approximate surface area is 83.7 Å². The highest BCUT2D eigenvalue weighted by molar-refractivity contribution is 5.91. The van der Waals surface area contributed by atoms with E-state index < -0.39 is 5.97 Å². The SMILES string of the molecule is C=C(C#N)C(=O)OCC1=CCCCC1. The predicted octanol–water partition coefficient (Wildman–Crippen LogP) is 2.11. The molecule has 14 heavy (non-hydrogen) atoms. The molecule has 0 aromatic rings. The molecule has 74 valence electrons. The molecule has 1 rings (SSSR count). The van der Waals surface area contributed by atoms with E-state index in [-0.39, 0.29) is 5.57 Å². The molecular formula is C11H13NO2. The summed E-state index contributed by atoms with van der Waals surface area (Å²) >= 11 is 0. The molecule has 0 N–H and O–H groups in total. The van der Waals surface area contributed by atoms with Crippen LogP contribution in [0.5, 0.6) is 0 Å². The summed E-state index contributed by atoms with van der Waals surface area (Å²) in [4.78, 5) is 11.0. The second-order valence-electron chi connectivity index (χ2n) is 3.27. The van der Waals surface area contributed by atoms with Crippen molar-refractivity contribution in [1.82, 2.24) is 0 Å². The van der Waals surface area contributed by atoms with Gasteiger partial charge in [0.15, 0.2) is 0 Å². The van der Waals surface area contributed by atoms with Crippen LogP contribution in [0.4, 0.5) is 0 Å². The molecule has 0 atom stereocenters. The van der Waals surface area contributed by atoms with E-state index in [0.29, 0.717) is 6.61 Å². The topological polar surface area (TPSA) is 50.1 Å². The molecule has 0 aliphatic heterocycles. The van der Waals surface area contributed by atoms with Crippen LogP contribution in [0.25, 0.3) is 0 Å². The average Bonchev–Trinajstić information content (AvgIpc) is 2.26. The Kier molecular flexibility index (Phi) is 3.93. The van der Waals surface area contributed by atoms with Crippen LogP contribution in [0.2, 0.25) is 0 Å². The summed E-state index contributed by atoms with van der Waals surface area (Å²) in [6.07, 6.45) is 6.52. The average molecular weight is 191 g/mol. The highest BCUT2D eigenvalue weighted by Gasteiger charge is 2.09. The number of esters is 1. The van der Waals surface area contributed by atoms with Crippen molar-refractivity contribution in [3.05, 3.63) is 23.8 Å². The lowest BCUT2D eigenvalue weighted by Gasteiger charge is -2.12. The minimum atomic E-state index is -0.612. The Morgan fingerprint density at radius 3 is 3.00 bits per heavy atom. The molecule has 0 saturated heterocycles. The maximum Gasteiger partial charge on any atom is 0.348 e. The van der Waals surface area contributed by atoms with Crippen molar-refractivity contribution in [2.24, 2.45) is 0 Å². The third-order valence-corrected chi connectivity index (χ3v) is 2.16. The summed E-state index contributed by atoms with van der Waals surface area (Å²) in [6.45, 7) is 3.59. The summed E-state index contributed by atoms with van der Waals surface area (Å²) in [6, 6.07) is 1.66. The molecule has 0 radical (unpaired) electrons. The van der Waals surface area contributed by atoms with Crippen LogP contribution in [0.1, 0.15) is 25.7 Å². The van der Waals surface area contributed by atoms with Crippen LogP contribution >= 0.6 is 0 Å². The van der Waals surface area contributed by atoms with Gasteiger partial charge in [0.05, 0.1) is 0 Å². The number of nitrogens with zero attached hydrogens (tertiary/aromatic N) is 1. The van der Waals surface area contributed by atoms with Gasteiger partial charge >= 0.3 is 5.97 Å². The monoisotopic (exact) mass is 191 g/mol. The van der Waals surface area contributed by atoms with Crippen molar-refractivity contribution in [2.75, 3.05) is 6.61 Å². The minimum absolute atomic E-state index is 0.138. The van der Waals surface area contributed by atoms with Gasteiger partial charge < -0.3 is 4.74 Å². The van der Waals surface area contributed by atoms with Gasteiger partial charge in [-0.3, -0.25) is 0 Å². The fourth-order valence-electron chi connectivity index (χ4n) is 1.33. The zero-order chi connectivity index (χ0) is 10.4. The third kappa shape index (κ3) is 3.06. The van der Waals surface area contributed by atoms with Crippen LogP contribution < -0.4 is 0 Å². The predicted molar refractivity (Wildman–Crippen MR) is 52.3 cm³/mol. The molecular weight excluding hydrogens is 178 g/mol. The van der Waals surface area contributed by atoms with Crippen LogP contribution in [-0.2, 0) is 9.53 Å². The molecule has 3 heteroatoms. The number of nitriles is 1. The fraction of sp³-hybridized carbons (Fsp3) is 0.455. The third-order valence-electron chi connectivity index (χ3n) is 2.16. The Balaban J connectivity index is 2.33. The maximum absolute atomic E-state index is 11.0. The van der Waals surface area contributed by atoms with Crippen molar-refractivity contribution in [3.8, 4) is 6.07 Å². The number of ether oxygens (including phenoxy) is 1. The molecule has 0 fully saturated rings. The lowest BCUT2D eigenvalue weighted by atomic mass is 10.0. The molecule has 0 amide bonds. The van der Waals surface area contributed by atoms with E-state index in [4.69, 9.17) is 10.00 Å². The van der Waals surface area contributed by atoms with Gasteiger partial charge in [0.1, 0.15) is 18.2 Å². The van der Waals surface area contributed by atoms with E-state index in [2.05, 4.69) is 12.7 Å². The van der Waals surface area contributed by atoms with Crippen LogP contribution in [0, 0.1) is 11.3 Å². The lowest BCUT2D eigenvalue weighted by Crippen LogP contribution is -2.09. The summed E-state index contributed by atoms with van der Waals surface area (Å²) in [5.41, 5.74) is 1.01. The first-order chi connectivity index (χ1) is 6.74. The first-order valence-corrected chi connectivity index (χ1v) is 4.68. The van der Waals surface area contributed by atoms with E-state index in [9.17, 15) is 4.79 Å². The molecule has 0 saturated carbocycles. The van der Waals surface area contributed by atoms with Crippen LogP contribution in [0.3, 0.4) is 0 Å². The Morgan fingerprint density at radius 1 is 1.64 bits per heavy atom. The van der Waals surface area contributed by atoms with Crippen LogP contribution in [-0.4, -0.2) is 12.6 Å². The van der Waals surface area contributed by atoms with Gasteiger partial charge in [0, 0.05) is 0 Å². The van der Waals surface area contributed by atoms with Gasteiger partial charge in [0.2, 0.25) is 0 Å². The number of hydrogen-bond acceptors (Lipinski definition) is 3. The number of carbonyl (C=O) groups is 1. The summed E-state index contributed by atoms with van der Waals surface area (Å²) in [5, 5.41) is 8.38. The summed E-state index contributed by atoms with van der Waals surface area (Å²) in [5.74, 6) is -0.612. The van der Waals surface area contributed by atoms with E-state index in [1.165, 1.54) is 6.42 Å². The molecule has 0 spiro atoms. The van der Waals surface area contributed by atoms with Gasteiger partial charge in [0.25, 0.3) is 0 Å². The molecule has 1 aliphatic rings. The van der Waals surface area contributed by atoms with Crippen molar-refractivity contribution in [3.63, 3.8) is 0 Å². The highest BCUT2D eigenvalue weighted by Crippen LogP contribution is 2.17. The molecule has 0 aromatic heterocycles. The quantitative estimate of drug-likeness (QED) is 0.297. The van der Waals surface area contributed by atoms with E-state index in [1.54, 1.807) is 6.07 Å². The fourth-order valence-corrected chi connectivity index (χ4v) is 1.33. The Morgan fingerprint density at radius 2 is 2.43 bits per heavy atom. The van der Waals surface area contributed by atoms with Crippen molar-refractivity contribution < 1.29 is 9.53 Å². The van der Waals surface area contributed by atoms with Gasteiger partial charge in [-0.2, -0.15) is 5.26 Å². The van der Waals surface area contributed by atoms with Gasteiger partial charge in [-0.25, -0.2) is 4.79 Å². The Bertz CT molecular complexity index is 310. The van der Waals surface area contributed by atoms with Gasteiger partial charge in [-0.05, 0) is 31.3 Å². The van der Waals surface area contributed by atoms with E-state index in [0.717, 1.165) is 24.8 Å². The van der Waals surface area contributed by atoms with Crippen LogP contribution in [0.15, 0.2) is 23.8 Å². The molecule has 1 aliphatic carbocycles. The van der Waals surface area contributed by atoms with Crippen molar-refractivity contribution >= 4 is 5.97 Å². The second kappa shape index (κ2) is 5.23. The summed E-state index contributed by atoms with van der Waals surface area (Å²) in [7, 11) is 0. The zero-order valence-electron chi connectivity index (χ0n) is 8.08. The maximum atomic E-state index is 11.0. The molecule has 0 aromatic carbocycles. The number of allylic oxidation sites excluding steroid dienone is 1. The number of rotatable bonds is 3. The minimum Gasteiger partial charge on any atom is -0.457 e. The molecule has 0 heterocycles. The van der Waals surface area contributed by atoms with Crippen molar-refractivity contribution in [2.45, 2.75) is 25.7 Å². The molecule has 3 nitrogen and oxygen atoms in total.